The van der Waals surface area contributed by atoms with E-state index in [0.717, 1.165) is 16.5 Å². The number of carboxylic acids is 1. The first-order chi connectivity index (χ1) is 8.13. The van der Waals surface area contributed by atoms with Crippen molar-refractivity contribution in [3.8, 4) is 0 Å². The van der Waals surface area contributed by atoms with Crippen LogP contribution in [0.5, 0.6) is 0 Å². The number of carbonyl (C=O) groups is 1. The molecule has 0 saturated carbocycles. The number of benzene rings is 1. The highest BCUT2D eigenvalue weighted by atomic mass is 16.5. The number of aromatic carboxylic acids is 1. The van der Waals surface area contributed by atoms with Gasteiger partial charge in [0.2, 0.25) is 0 Å². The van der Waals surface area contributed by atoms with Crippen LogP contribution in [0.25, 0.3) is 10.9 Å². The van der Waals surface area contributed by atoms with E-state index >= 15 is 0 Å². The van der Waals surface area contributed by atoms with Gasteiger partial charge >= 0.3 is 5.97 Å². The molecule has 1 heterocycles. The summed E-state index contributed by atoms with van der Waals surface area (Å²) in [5.41, 5.74) is 2.35. The van der Waals surface area contributed by atoms with Gasteiger partial charge in [0.15, 0.2) is 0 Å². The highest BCUT2D eigenvalue weighted by molar-refractivity contribution is 5.94. The average Bonchev–Trinajstić information content (AvgIpc) is 2.63. The van der Waals surface area contributed by atoms with Gasteiger partial charge in [-0.05, 0) is 25.1 Å². The summed E-state index contributed by atoms with van der Waals surface area (Å²) >= 11 is 0. The van der Waals surface area contributed by atoms with Gasteiger partial charge in [0.25, 0.3) is 0 Å². The number of hydrogen-bond acceptors (Lipinski definition) is 2. The molecule has 4 nitrogen and oxygen atoms in total. The van der Waals surface area contributed by atoms with Crippen LogP contribution >= 0.6 is 0 Å². The van der Waals surface area contributed by atoms with Crippen molar-refractivity contribution in [2.45, 2.75) is 13.5 Å². The van der Waals surface area contributed by atoms with Crippen LogP contribution in [0.4, 0.5) is 0 Å². The molecule has 0 atom stereocenters. The van der Waals surface area contributed by atoms with E-state index in [4.69, 9.17) is 9.84 Å². The van der Waals surface area contributed by atoms with Crippen LogP contribution in [0.15, 0.2) is 24.4 Å². The number of aromatic nitrogens is 1. The number of rotatable bonds is 4. The van der Waals surface area contributed by atoms with Gasteiger partial charge in [0.1, 0.15) is 0 Å². The van der Waals surface area contributed by atoms with Gasteiger partial charge in [-0.15, -0.1) is 0 Å². The lowest BCUT2D eigenvalue weighted by Crippen LogP contribution is -1.96. The third kappa shape index (κ3) is 2.17. The van der Waals surface area contributed by atoms with Gasteiger partial charge in [-0.1, -0.05) is 0 Å². The number of fused-ring (bicyclic) bond motifs is 1. The van der Waals surface area contributed by atoms with Crippen LogP contribution in [-0.4, -0.2) is 22.2 Å². The molecule has 0 aliphatic rings. The molecule has 1 aromatic carbocycles. The summed E-state index contributed by atoms with van der Waals surface area (Å²) in [6.45, 7) is 3.10. The van der Waals surface area contributed by atoms with Crippen LogP contribution in [0.2, 0.25) is 0 Å². The second-order valence-corrected chi connectivity index (χ2v) is 3.94. The molecular weight excluding hydrogens is 218 g/mol. The zero-order valence-electron chi connectivity index (χ0n) is 9.93. The lowest BCUT2D eigenvalue weighted by atomic mass is 10.1. The Morgan fingerprint density at radius 1 is 1.47 bits per heavy atom. The molecular formula is C13H15NO3. The van der Waals surface area contributed by atoms with Crippen LogP contribution in [0.1, 0.15) is 22.8 Å². The molecule has 0 aliphatic carbocycles. The molecule has 4 heteroatoms. The van der Waals surface area contributed by atoms with Crippen molar-refractivity contribution >= 4 is 16.9 Å². The van der Waals surface area contributed by atoms with Crippen molar-refractivity contribution in [2.24, 2.45) is 7.05 Å². The number of ether oxygens (including phenoxy) is 1. The Balaban J connectivity index is 2.52. The first kappa shape index (κ1) is 11.7. The van der Waals surface area contributed by atoms with Crippen LogP contribution in [0.3, 0.4) is 0 Å². The molecule has 17 heavy (non-hydrogen) atoms. The second-order valence-electron chi connectivity index (χ2n) is 3.94. The SMILES string of the molecule is CCOCc1cn(C)c2ccc(C(=O)O)cc12. The van der Waals surface area contributed by atoms with Crippen molar-refractivity contribution in [1.82, 2.24) is 4.57 Å². The third-order valence-electron chi connectivity index (χ3n) is 2.78. The van der Waals surface area contributed by atoms with Gasteiger partial charge < -0.3 is 14.4 Å². The van der Waals surface area contributed by atoms with Crippen molar-refractivity contribution in [3.63, 3.8) is 0 Å². The van der Waals surface area contributed by atoms with Crippen molar-refractivity contribution in [2.75, 3.05) is 6.61 Å². The van der Waals surface area contributed by atoms with E-state index in [1.54, 1.807) is 12.1 Å². The van der Waals surface area contributed by atoms with E-state index in [1.807, 2.05) is 30.8 Å². The predicted octanol–water partition coefficient (Wildman–Crippen LogP) is 2.41. The van der Waals surface area contributed by atoms with E-state index < -0.39 is 5.97 Å². The molecule has 0 bridgehead atoms. The molecule has 0 amide bonds. The molecule has 0 aliphatic heterocycles. The molecule has 0 radical (unpaired) electrons. The fraction of sp³-hybridized carbons (Fsp3) is 0.308. The quantitative estimate of drug-likeness (QED) is 0.882. The first-order valence-electron chi connectivity index (χ1n) is 5.52. The minimum atomic E-state index is -0.905. The van der Waals surface area contributed by atoms with Crippen LogP contribution < -0.4 is 0 Å². The highest BCUT2D eigenvalue weighted by Crippen LogP contribution is 2.22. The molecule has 1 aromatic heterocycles. The molecule has 2 rings (SSSR count). The van der Waals surface area contributed by atoms with Gasteiger partial charge in [0, 0.05) is 36.3 Å². The van der Waals surface area contributed by atoms with E-state index in [9.17, 15) is 4.79 Å². The van der Waals surface area contributed by atoms with Gasteiger partial charge in [-0.2, -0.15) is 0 Å². The van der Waals surface area contributed by atoms with Gasteiger partial charge in [-0.3, -0.25) is 0 Å². The molecule has 0 spiro atoms. The lowest BCUT2D eigenvalue weighted by Gasteiger charge is -2.00. The Morgan fingerprint density at radius 2 is 2.24 bits per heavy atom. The van der Waals surface area contributed by atoms with E-state index in [2.05, 4.69) is 0 Å². The van der Waals surface area contributed by atoms with Gasteiger partial charge in [0.05, 0.1) is 12.2 Å². The number of carboxylic acid groups (broad SMARTS) is 1. The summed E-state index contributed by atoms with van der Waals surface area (Å²) in [4.78, 5) is 10.9. The smallest absolute Gasteiger partial charge is 0.335 e. The summed E-state index contributed by atoms with van der Waals surface area (Å²) in [6.07, 6.45) is 1.98. The minimum Gasteiger partial charge on any atom is -0.478 e. The second kappa shape index (κ2) is 4.59. The molecule has 90 valence electrons. The number of hydrogen-bond donors (Lipinski definition) is 1. The van der Waals surface area contributed by atoms with Crippen LogP contribution in [-0.2, 0) is 18.4 Å². The van der Waals surface area contributed by atoms with E-state index in [0.29, 0.717) is 18.8 Å². The molecule has 1 N–H and O–H groups in total. The highest BCUT2D eigenvalue weighted by Gasteiger charge is 2.10. The maximum atomic E-state index is 10.9. The Hall–Kier alpha value is -1.81. The Bertz CT molecular complexity index is 557. The third-order valence-corrected chi connectivity index (χ3v) is 2.78. The molecule has 0 unspecified atom stereocenters. The van der Waals surface area contributed by atoms with Crippen molar-refractivity contribution < 1.29 is 14.6 Å². The van der Waals surface area contributed by atoms with Crippen molar-refractivity contribution in [3.05, 3.63) is 35.5 Å². The largest absolute Gasteiger partial charge is 0.478 e. The predicted molar refractivity (Wildman–Crippen MR) is 65.2 cm³/mol. The molecule has 0 saturated heterocycles. The topological polar surface area (TPSA) is 51.5 Å². The summed E-state index contributed by atoms with van der Waals surface area (Å²) in [7, 11) is 1.94. The maximum Gasteiger partial charge on any atom is 0.335 e. The maximum absolute atomic E-state index is 10.9. The molecule has 0 fully saturated rings. The van der Waals surface area contributed by atoms with Crippen LogP contribution in [0, 0.1) is 0 Å². The number of aryl methyl sites for hydroxylation is 1. The number of nitrogens with zero attached hydrogens (tertiary/aromatic N) is 1. The minimum absolute atomic E-state index is 0.307. The summed E-state index contributed by atoms with van der Waals surface area (Å²) < 4.78 is 7.36. The van der Waals surface area contributed by atoms with E-state index in [1.165, 1.54) is 0 Å². The van der Waals surface area contributed by atoms with E-state index in [-0.39, 0.29) is 0 Å². The zero-order valence-corrected chi connectivity index (χ0v) is 9.93. The fourth-order valence-corrected chi connectivity index (χ4v) is 1.93. The first-order valence-corrected chi connectivity index (χ1v) is 5.52. The fourth-order valence-electron chi connectivity index (χ4n) is 1.93. The van der Waals surface area contributed by atoms with Gasteiger partial charge in [-0.25, -0.2) is 4.79 Å². The summed E-state index contributed by atoms with van der Waals surface area (Å²) in [6, 6.07) is 5.15. The molecule has 2 aromatic rings. The zero-order chi connectivity index (χ0) is 12.4. The average molecular weight is 233 g/mol. The van der Waals surface area contributed by atoms with Crippen molar-refractivity contribution in [1.29, 1.82) is 0 Å². The lowest BCUT2D eigenvalue weighted by molar-refractivity contribution is 0.0697. The Labute approximate surface area is 99.4 Å². The Kier molecular flexibility index (Phi) is 3.15. The summed E-state index contributed by atoms with van der Waals surface area (Å²) in [5.74, 6) is -0.905. The summed E-state index contributed by atoms with van der Waals surface area (Å²) in [5, 5.41) is 9.93. The monoisotopic (exact) mass is 233 g/mol. The Morgan fingerprint density at radius 3 is 2.88 bits per heavy atom. The normalized spacial score (nSPS) is 10.9. The standard InChI is InChI=1S/C13H15NO3/c1-3-17-8-10-7-14(2)12-5-4-9(13(15)16)6-11(10)12/h4-7H,3,8H2,1-2H3,(H,15,16).